The molecule has 2 aromatic rings. The molecular formula is C20H21ClN4O5S. The van der Waals surface area contributed by atoms with Crippen LogP contribution in [0.4, 0.5) is 4.79 Å². The van der Waals surface area contributed by atoms with Gasteiger partial charge >= 0.3 is 6.09 Å². The molecular weight excluding hydrogens is 444 g/mol. The molecule has 1 N–H and O–H groups in total. The summed E-state index contributed by atoms with van der Waals surface area (Å²) in [7, 11) is -3.34. The highest BCUT2D eigenvalue weighted by atomic mass is 35.5. The van der Waals surface area contributed by atoms with Crippen molar-refractivity contribution >= 4 is 33.4 Å². The second kappa shape index (κ2) is 8.43. The number of carbonyl (C=O) groups is 2. The molecule has 0 radical (unpaired) electrons. The number of benzene rings is 1. The molecule has 2 aliphatic heterocycles. The molecule has 2 amide bonds. The third-order valence-electron chi connectivity index (χ3n) is 5.41. The Labute approximate surface area is 184 Å². The smallest absolute Gasteiger partial charge is 0.407 e. The minimum Gasteiger partial charge on any atom is -0.447 e. The molecule has 1 atom stereocenters. The maximum atomic E-state index is 12.3. The third-order valence-corrected chi connectivity index (χ3v) is 6.84. The molecule has 4 rings (SSSR count). The van der Waals surface area contributed by atoms with Crippen LogP contribution >= 0.6 is 11.6 Å². The van der Waals surface area contributed by atoms with E-state index in [2.05, 4.69) is 15.3 Å². The van der Waals surface area contributed by atoms with Gasteiger partial charge in [0.2, 0.25) is 5.91 Å². The van der Waals surface area contributed by atoms with Crippen LogP contribution in [0.25, 0.3) is 11.3 Å². The van der Waals surface area contributed by atoms with Crippen molar-refractivity contribution in [3.05, 3.63) is 41.3 Å². The fourth-order valence-electron chi connectivity index (χ4n) is 3.53. The summed E-state index contributed by atoms with van der Waals surface area (Å²) in [5.74, 6) is 0.155. The van der Waals surface area contributed by atoms with E-state index in [0.29, 0.717) is 43.8 Å². The number of carbonyl (C=O) groups excluding carboxylic acids is 2. The highest BCUT2D eigenvalue weighted by Gasteiger charge is 2.33. The fraction of sp³-hybridized carbons (Fsp3) is 0.400. The van der Waals surface area contributed by atoms with Crippen molar-refractivity contribution in [3.8, 4) is 11.3 Å². The summed E-state index contributed by atoms with van der Waals surface area (Å²) >= 11 is 6.24. The summed E-state index contributed by atoms with van der Waals surface area (Å²) in [6.07, 6.45) is 4.86. The zero-order valence-corrected chi connectivity index (χ0v) is 18.3. The molecule has 31 heavy (non-hydrogen) atoms. The molecule has 0 saturated carbocycles. The number of likely N-dealkylation sites (tertiary alicyclic amines) is 1. The molecule has 1 aromatic carbocycles. The van der Waals surface area contributed by atoms with Crippen molar-refractivity contribution in [1.29, 1.82) is 0 Å². The van der Waals surface area contributed by atoms with Gasteiger partial charge in [-0.2, -0.15) is 0 Å². The van der Waals surface area contributed by atoms with Crippen molar-refractivity contribution in [3.63, 3.8) is 0 Å². The molecule has 2 fully saturated rings. The molecule has 0 unspecified atom stereocenters. The van der Waals surface area contributed by atoms with E-state index in [-0.39, 0.29) is 27.8 Å². The van der Waals surface area contributed by atoms with Crippen LogP contribution in [0.5, 0.6) is 0 Å². The maximum Gasteiger partial charge on any atom is 0.407 e. The number of sulfone groups is 1. The number of cyclic esters (lactones) is 1. The predicted octanol–water partition coefficient (Wildman–Crippen LogP) is 2.01. The first-order valence-corrected chi connectivity index (χ1v) is 12.0. The second-order valence-corrected chi connectivity index (χ2v) is 10.1. The number of ether oxygens (including phenoxy) is 1. The normalized spacial score (nSPS) is 19.0. The van der Waals surface area contributed by atoms with Gasteiger partial charge in [-0.15, -0.1) is 0 Å². The fourth-order valence-corrected chi connectivity index (χ4v) is 4.52. The van der Waals surface area contributed by atoms with Gasteiger partial charge in [-0.05, 0) is 24.6 Å². The Morgan fingerprint density at radius 3 is 2.65 bits per heavy atom. The molecule has 1 aromatic heterocycles. The van der Waals surface area contributed by atoms with Gasteiger partial charge in [0.05, 0.1) is 33.5 Å². The molecule has 2 aliphatic rings. The van der Waals surface area contributed by atoms with Gasteiger partial charge in [0.15, 0.2) is 9.84 Å². The minimum atomic E-state index is -3.34. The number of halogens is 1. The van der Waals surface area contributed by atoms with E-state index in [1.165, 1.54) is 12.1 Å². The van der Waals surface area contributed by atoms with Crippen molar-refractivity contribution in [2.24, 2.45) is 0 Å². The lowest BCUT2D eigenvalue weighted by Crippen LogP contribution is -2.49. The molecule has 9 nitrogen and oxygen atoms in total. The van der Waals surface area contributed by atoms with E-state index in [1.54, 1.807) is 23.4 Å². The number of nitrogens with zero attached hydrogens (tertiary/aromatic N) is 3. The van der Waals surface area contributed by atoms with E-state index in [0.717, 1.165) is 11.9 Å². The Balaban J connectivity index is 1.32. The quantitative estimate of drug-likeness (QED) is 0.694. The van der Waals surface area contributed by atoms with Crippen LogP contribution in [0.1, 0.15) is 24.5 Å². The molecule has 164 valence electrons. The summed E-state index contributed by atoms with van der Waals surface area (Å²) in [5, 5.41) is 2.95. The number of nitrogens with one attached hydrogen (secondary N) is 1. The average molecular weight is 465 g/mol. The Morgan fingerprint density at radius 1 is 1.29 bits per heavy atom. The van der Waals surface area contributed by atoms with E-state index >= 15 is 0 Å². The number of alkyl carbamates (subject to hydrolysis) is 1. The Morgan fingerprint density at radius 2 is 2.06 bits per heavy atom. The van der Waals surface area contributed by atoms with Gasteiger partial charge < -0.3 is 15.0 Å². The lowest BCUT2D eigenvalue weighted by Gasteiger charge is -2.39. The minimum absolute atomic E-state index is 0.0414. The molecule has 0 spiro atoms. The summed E-state index contributed by atoms with van der Waals surface area (Å²) in [5.41, 5.74) is 1.93. The van der Waals surface area contributed by atoms with Crippen molar-refractivity contribution < 1.29 is 22.7 Å². The average Bonchev–Trinajstić information content (AvgIpc) is 3.10. The summed E-state index contributed by atoms with van der Waals surface area (Å²) in [4.78, 5) is 34.1. The first-order chi connectivity index (χ1) is 14.7. The lowest BCUT2D eigenvalue weighted by atomic mass is 9.95. The topological polar surface area (TPSA) is 119 Å². The highest BCUT2D eigenvalue weighted by molar-refractivity contribution is 7.90. The Hall–Kier alpha value is -2.72. The number of aromatic nitrogens is 2. The zero-order valence-electron chi connectivity index (χ0n) is 16.7. The van der Waals surface area contributed by atoms with Crippen molar-refractivity contribution in [2.45, 2.75) is 29.7 Å². The first kappa shape index (κ1) is 21.5. The van der Waals surface area contributed by atoms with E-state index < -0.39 is 15.9 Å². The largest absolute Gasteiger partial charge is 0.447 e. The van der Waals surface area contributed by atoms with Crippen molar-refractivity contribution in [2.75, 3.05) is 26.0 Å². The molecule has 0 aliphatic carbocycles. The molecule has 3 heterocycles. The Bertz CT molecular complexity index is 1120. The standard InChI is InChI=1S/C20H21ClN4O5S/c1-31(28,29)14-3-4-15(16(21)6-14)18-8-22-17(7-23-18)12-9-25(10-12)19(26)5-2-13-11-30-20(27)24-13/h3-4,6-8,12-13H,2,5,9-11H2,1H3,(H,24,27)/t13-/m1/s1. The summed E-state index contributed by atoms with van der Waals surface area (Å²) in [6, 6.07) is 4.40. The highest BCUT2D eigenvalue weighted by Crippen LogP contribution is 2.30. The number of hydrogen-bond donors (Lipinski definition) is 1. The van der Waals surface area contributed by atoms with E-state index in [4.69, 9.17) is 16.3 Å². The van der Waals surface area contributed by atoms with Gasteiger partial charge in [0, 0.05) is 43.4 Å². The van der Waals surface area contributed by atoms with E-state index in [9.17, 15) is 18.0 Å². The zero-order chi connectivity index (χ0) is 22.2. The van der Waals surface area contributed by atoms with Crippen LogP contribution in [0.2, 0.25) is 5.02 Å². The van der Waals surface area contributed by atoms with Crippen LogP contribution in [0.15, 0.2) is 35.5 Å². The maximum absolute atomic E-state index is 12.3. The molecule has 0 bridgehead atoms. The van der Waals surface area contributed by atoms with Crippen LogP contribution in [-0.2, 0) is 19.4 Å². The van der Waals surface area contributed by atoms with Gasteiger partial charge in [0.25, 0.3) is 0 Å². The van der Waals surface area contributed by atoms with Crippen molar-refractivity contribution in [1.82, 2.24) is 20.2 Å². The van der Waals surface area contributed by atoms with Gasteiger partial charge in [0.1, 0.15) is 6.61 Å². The number of hydrogen-bond acceptors (Lipinski definition) is 7. The first-order valence-electron chi connectivity index (χ1n) is 9.73. The Kier molecular flexibility index (Phi) is 5.85. The van der Waals surface area contributed by atoms with Gasteiger partial charge in [-0.1, -0.05) is 11.6 Å². The number of rotatable bonds is 6. The summed E-state index contributed by atoms with van der Waals surface area (Å²) in [6.45, 7) is 1.45. The van der Waals surface area contributed by atoms with Gasteiger partial charge in [-0.3, -0.25) is 14.8 Å². The second-order valence-electron chi connectivity index (χ2n) is 7.71. The molecule has 11 heteroatoms. The monoisotopic (exact) mass is 464 g/mol. The van der Waals surface area contributed by atoms with Crippen LogP contribution in [-0.4, -0.2) is 67.3 Å². The lowest BCUT2D eigenvalue weighted by molar-refractivity contribution is -0.135. The predicted molar refractivity (Wildman–Crippen MR) is 112 cm³/mol. The van der Waals surface area contributed by atoms with E-state index in [1.807, 2.05) is 0 Å². The van der Waals surface area contributed by atoms with Crippen LogP contribution in [0.3, 0.4) is 0 Å². The SMILES string of the molecule is CS(=O)(=O)c1ccc(-c2cnc(C3CN(C(=O)CC[C@@H]4COC(=O)N4)C3)cn2)c(Cl)c1. The van der Waals surface area contributed by atoms with Crippen LogP contribution < -0.4 is 5.32 Å². The molecule has 2 saturated heterocycles. The van der Waals surface area contributed by atoms with Crippen LogP contribution in [0, 0.1) is 0 Å². The summed E-state index contributed by atoms with van der Waals surface area (Å²) < 4.78 is 28.1. The third kappa shape index (κ3) is 4.80. The number of amides is 2. The van der Waals surface area contributed by atoms with Gasteiger partial charge in [-0.25, -0.2) is 13.2 Å².